The van der Waals surface area contributed by atoms with Crippen LogP contribution in [0.2, 0.25) is 0 Å². The van der Waals surface area contributed by atoms with Crippen LogP contribution < -0.4 is 5.32 Å². The first-order valence-electron chi connectivity index (χ1n) is 7.79. The molecule has 1 atom stereocenters. The van der Waals surface area contributed by atoms with Gasteiger partial charge in [-0.05, 0) is 37.9 Å². The Bertz CT molecular complexity index is 686. The van der Waals surface area contributed by atoms with Crippen molar-refractivity contribution in [2.24, 2.45) is 5.92 Å². The largest absolute Gasteiger partial charge is 0.396 e. The van der Waals surface area contributed by atoms with E-state index in [9.17, 15) is 4.79 Å². The van der Waals surface area contributed by atoms with Gasteiger partial charge in [-0.3, -0.25) is 9.69 Å². The molecule has 1 aliphatic rings. The molecule has 1 aromatic carbocycles. The summed E-state index contributed by atoms with van der Waals surface area (Å²) in [4.78, 5) is 18.7. The summed E-state index contributed by atoms with van der Waals surface area (Å²) in [6.45, 7) is 4.22. The van der Waals surface area contributed by atoms with Crippen LogP contribution in [-0.2, 0) is 4.79 Å². The minimum atomic E-state index is -0.0183. The Balaban J connectivity index is 1.60. The molecule has 2 heterocycles. The zero-order chi connectivity index (χ0) is 16.2. The Morgan fingerprint density at radius 3 is 3.09 bits per heavy atom. The summed E-state index contributed by atoms with van der Waals surface area (Å²) in [5.41, 5.74) is 2.73. The van der Waals surface area contributed by atoms with E-state index in [1.54, 1.807) is 11.3 Å². The van der Waals surface area contributed by atoms with Crippen LogP contribution in [0.1, 0.15) is 11.4 Å². The number of amides is 1. The van der Waals surface area contributed by atoms with E-state index in [1.807, 2.05) is 36.6 Å². The summed E-state index contributed by atoms with van der Waals surface area (Å²) in [6.07, 6.45) is 0.961. The maximum absolute atomic E-state index is 12.2. The van der Waals surface area contributed by atoms with Crippen LogP contribution in [0.4, 0.5) is 5.69 Å². The van der Waals surface area contributed by atoms with Gasteiger partial charge in [-0.15, -0.1) is 11.3 Å². The molecule has 1 amide bonds. The fourth-order valence-corrected chi connectivity index (χ4v) is 3.48. The first-order chi connectivity index (χ1) is 11.1. The van der Waals surface area contributed by atoms with E-state index in [-0.39, 0.29) is 12.5 Å². The second-order valence-electron chi connectivity index (χ2n) is 5.95. The molecule has 1 aliphatic heterocycles. The van der Waals surface area contributed by atoms with Crippen LogP contribution in [0.3, 0.4) is 0 Å². The molecule has 122 valence electrons. The van der Waals surface area contributed by atoms with E-state index in [4.69, 9.17) is 5.11 Å². The first-order valence-corrected chi connectivity index (χ1v) is 8.67. The predicted octanol–water partition coefficient (Wildman–Crippen LogP) is 2.37. The van der Waals surface area contributed by atoms with Gasteiger partial charge in [0.25, 0.3) is 0 Å². The number of benzene rings is 1. The van der Waals surface area contributed by atoms with Gasteiger partial charge in [0.2, 0.25) is 5.91 Å². The number of aromatic nitrogens is 1. The molecule has 23 heavy (non-hydrogen) atoms. The molecule has 0 aliphatic carbocycles. The Kier molecular flexibility index (Phi) is 5.05. The number of nitrogens with one attached hydrogen (secondary N) is 1. The van der Waals surface area contributed by atoms with Crippen molar-refractivity contribution in [3.63, 3.8) is 0 Å². The number of hydrogen-bond donors (Lipinski definition) is 2. The van der Waals surface area contributed by atoms with Crippen LogP contribution in [0.5, 0.6) is 0 Å². The van der Waals surface area contributed by atoms with Crippen LogP contribution in [0, 0.1) is 12.8 Å². The summed E-state index contributed by atoms with van der Waals surface area (Å²) in [6, 6.07) is 7.77. The van der Waals surface area contributed by atoms with Crippen molar-refractivity contribution >= 4 is 22.9 Å². The number of likely N-dealkylation sites (tertiary alicyclic amines) is 1. The number of thiazole rings is 1. The second kappa shape index (κ2) is 7.21. The van der Waals surface area contributed by atoms with Gasteiger partial charge in [-0.25, -0.2) is 4.98 Å². The maximum atomic E-state index is 12.2. The average molecular weight is 331 g/mol. The summed E-state index contributed by atoms with van der Waals surface area (Å²) >= 11 is 1.62. The molecule has 1 aromatic heterocycles. The predicted molar refractivity (Wildman–Crippen MR) is 92.5 cm³/mol. The first kappa shape index (κ1) is 16.1. The summed E-state index contributed by atoms with van der Waals surface area (Å²) in [7, 11) is 0. The molecule has 2 N–H and O–H groups in total. The third-order valence-corrected chi connectivity index (χ3v) is 4.83. The van der Waals surface area contributed by atoms with Crippen LogP contribution in [-0.4, -0.2) is 47.1 Å². The molecule has 0 saturated carbocycles. The number of hydrogen-bond acceptors (Lipinski definition) is 5. The molecule has 6 heteroatoms. The van der Waals surface area contributed by atoms with E-state index in [1.165, 1.54) is 0 Å². The highest BCUT2D eigenvalue weighted by molar-refractivity contribution is 7.09. The van der Waals surface area contributed by atoms with Crippen LogP contribution in [0.25, 0.3) is 11.3 Å². The number of carbonyl (C=O) groups is 1. The van der Waals surface area contributed by atoms with Gasteiger partial charge in [0.15, 0.2) is 0 Å². The number of carbonyl (C=O) groups excluding carboxylic acids is 1. The van der Waals surface area contributed by atoms with Crippen molar-refractivity contribution in [1.29, 1.82) is 0 Å². The lowest BCUT2D eigenvalue weighted by atomic mass is 10.1. The molecule has 5 nitrogen and oxygen atoms in total. The SMILES string of the molecule is Cc1nc(-c2cccc(NC(=O)CN3CCC(CO)C3)c2)cs1. The fourth-order valence-electron chi connectivity index (χ4n) is 2.86. The van der Waals surface area contributed by atoms with Gasteiger partial charge in [0.05, 0.1) is 17.2 Å². The Morgan fingerprint density at radius 1 is 1.52 bits per heavy atom. The van der Waals surface area contributed by atoms with Crippen molar-refractivity contribution < 1.29 is 9.90 Å². The molecule has 0 bridgehead atoms. The zero-order valence-corrected chi connectivity index (χ0v) is 14.0. The minimum Gasteiger partial charge on any atom is -0.396 e. The minimum absolute atomic E-state index is 0.0183. The van der Waals surface area contributed by atoms with Gasteiger partial charge in [0, 0.05) is 29.8 Å². The van der Waals surface area contributed by atoms with E-state index >= 15 is 0 Å². The van der Waals surface area contributed by atoms with E-state index in [0.717, 1.165) is 41.5 Å². The van der Waals surface area contributed by atoms with Gasteiger partial charge >= 0.3 is 0 Å². The fraction of sp³-hybridized carbons (Fsp3) is 0.412. The van der Waals surface area contributed by atoms with E-state index < -0.39 is 0 Å². The lowest BCUT2D eigenvalue weighted by molar-refractivity contribution is -0.117. The number of aliphatic hydroxyl groups excluding tert-OH is 1. The highest BCUT2D eigenvalue weighted by Gasteiger charge is 2.23. The van der Waals surface area contributed by atoms with Gasteiger partial charge in [0.1, 0.15) is 0 Å². The molecule has 1 unspecified atom stereocenters. The van der Waals surface area contributed by atoms with Crippen molar-refractivity contribution in [1.82, 2.24) is 9.88 Å². The average Bonchev–Trinajstić information content (AvgIpc) is 3.16. The number of rotatable bonds is 5. The summed E-state index contributed by atoms with van der Waals surface area (Å²) in [5, 5.41) is 15.2. The van der Waals surface area contributed by atoms with E-state index in [2.05, 4.69) is 15.2 Å². The number of anilines is 1. The molecule has 1 fully saturated rings. The Labute approximate surface area is 140 Å². The van der Waals surface area contributed by atoms with Crippen molar-refractivity contribution in [3.05, 3.63) is 34.7 Å². The Morgan fingerprint density at radius 2 is 2.39 bits per heavy atom. The van der Waals surface area contributed by atoms with Crippen molar-refractivity contribution in [2.45, 2.75) is 13.3 Å². The standard InChI is InChI=1S/C17H21N3O2S/c1-12-18-16(11-23-12)14-3-2-4-15(7-14)19-17(22)9-20-6-5-13(8-20)10-21/h2-4,7,11,13,21H,5-6,8-10H2,1H3,(H,19,22). The smallest absolute Gasteiger partial charge is 0.238 e. The van der Waals surface area contributed by atoms with Crippen LogP contribution in [0.15, 0.2) is 29.6 Å². The van der Waals surface area contributed by atoms with Crippen molar-refractivity contribution in [3.8, 4) is 11.3 Å². The third kappa shape index (κ3) is 4.16. The van der Waals surface area contributed by atoms with Gasteiger partial charge in [-0.1, -0.05) is 12.1 Å². The third-order valence-electron chi connectivity index (χ3n) is 4.06. The molecule has 0 radical (unpaired) electrons. The monoisotopic (exact) mass is 331 g/mol. The molecule has 3 rings (SSSR count). The maximum Gasteiger partial charge on any atom is 0.238 e. The molecule has 2 aromatic rings. The van der Waals surface area contributed by atoms with Gasteiger partial charge < -0.3 is 10.4 Å². The topological polar surface area (TPSA) is 65.5 Å². The lowest BCUT2D eigenvalue weighted by Crippen LogP contribution is -2.31. The summed E-state index contributed by atoms with van der Waals surface area (Å²) < 4.78 is 0. The normalized spacial score (nSPS) is 18.3. The highest BCUT2D eigenvalue weighted by Crippen LogP contribution is 2.24. The second-order valence-corrected chi connectivity index (χ2v) is 7.02. The Hall–Kier alpha value is -1.76. The number of nitrogens with zero attached hydrogens (tertiary/aromatic N) is 2. The summed E-state index contributed by atoms with van der Waals surface area (Å²) in [5.74, 6) is 0.286. The molecular weight excluding hydrogens is 310 g/mol. The number of aryl methyl sites for hydroxylation is 1. The quantitative estimate of drug-likeness (QED) is 0.883. The lowest BCUT2D eigenvalue weighted by Gasteiger charge is -2.15. The van der Waals surface area contributed by atoms with E-state index in [0.29, 0.717) is 12.5 Å². The molecule has 0 spiro atoms. The van der Waals surface area contributed by atoms with Gasteiger partial charge in [-0.2, -0.15) is 0 Å². The number of aliphatic hydroxyl groups is 1. The molecule has 1 saturated heterocycles. The van der Waals surface area contributed by atoms with Crippen molar-refractivity contribution in [2.75, 3.05) is 31.6 Å². The highest BCUT2D eigenvalue weighted by atomic mass is 32.1. The zero-order valence-electron chi connectivity index (χ0n) is 13.2. The van der Waals surface area contributed by atoms with Crippen LogP contribution >= 0.6 is 11.3 Å². The molecular formula is C17H21N3O2S.